The minimum Gasteiger partial charge on any atom is -0.336 e. The molecular formula is C18H17FN2OS2. The quantitative estimate of drug-likeness (QED) is 0.616. The summed E-state index contributed by atoms with van der Waals surface area (Å²) >= 11 is 3.02. The average molecular weight is 360 g/mol. The molecule has 124 valence electrons. The second-order valence-corrected chi connectivity index (χ2v) is 7.55. The van der Waals surface area contributed by atoms with Crippen LogP contribution in [0, 0.1) is 5.82 Å². The number of nitrogens with zero attached hydrogens (tertiary/aromatic N) is 2. The summed E-state index contributed by atoms with van der Waals surface area (Å²) < 4.78 is 14.0. The fourth-order valence-electron chi connectivity index (χ4n) is 2.23. The Hall–Kier alpha value is -1.92. The number of amides is 1. The van der Waals surface area contributed by atoms with E-state index in [0.29, 0.717) is 5.75 Å². The number of para-hydroxylation sites is 1. The summed E-state index contributed by atoms with van der Waals surface area (Å²) in [6.07, 6.45) is 0. The maximum atomic E-state index is 12.9. The Bertz CT molecular complexity index is 815. The number of thiazole rings is 1. The molecule has 0 spiro atoms. The van der Waals surface area contributed by atoms with Crippen molar-refractivity contribution >= 4 is 39.2 Å². The van der Waals surface area contributed by atoms with E-state index in [-0.39, 0.29) is 17.8 Å². The van der Waals surface area contributed by atoms with Gasteiger partial charge in [0, 0.05) is 11.9 Å². The number of hydrogen-bond donors (Lipinski definition) is 0. The Labute approximate surface area is 148 Å². The summed E-state index contributed by atoms with van der Waals surface area (Å²) in [5.41, 5.74) is 0.964. The summed E-state index contributed by atoms with van der Waals surface area (Å²) in [6.45, 7) is 1.98. The van der Waals surface area contributed by atoms with Crippen molar-refractivity contribution in [1.82, 2.24) is 9.88 Å². The normalized spacial score (nSPS) is 12.3. The topological polar surface area (TPSA) is 33.2 Å². The van der Waals surface area contributed by atoms with E-state index in [1.54, 1.807) is 35.4 Å². The zero-order chi connectivity index (χ0) is 17.1. The molecule has 24 heavy (non-hydrogen) atoms. The van der Waals surface area contributed by atoms with Crippen LogP contribution in [0.5, 0.6) is 0 Å². The fraction of sp³-hybridized carbons (Fsp3) is 0.222. The lowest BCUT2D eigenvalue weighted by Crippen LogP contribution is -2.31. The predicted octanol–water partition coefficient (Wildman–Crippen LogP) is 4.75. The smallest absolute Gasteiger partial charge is 0.233 e. The fourth-order valence-corrected chi connectivity index (χ4v) is 4.11. The van der Waals surface area contributed by atoms with E-state index in [0.717, 1.165) is 20.1 Å². The van der Waals surface area contributed by atoms with Gasteiger partial charge in [-0.25, -0.2) is 9.37 Å². The molecule has 3 nitrogen and oxygen atoms in total. The molecule has 1 aromatic heterocycles. The molecule has 3 rings (SSSR count). The van der Waals surface area contributed by atoms with Crippen molar-refractivity contribution in [3.8, 4) is 0 Å². The van der Waals surface area contributed by atoms with Crippen LogP contribution in [-0.4, -0.2) is 28.6 Å². The number of fused-ring (bicyclic) bond motifs is 1. The maximum Gasteiger partial charge on any atom is 0.233 e. The van der Waals surface area contributed by atoms with E-state index in [1.807, 2.05) is 31.2 Å². The minimum absolute atomic E-state index is 0.0241. The van der Waals surface area contributed by atoms with Crippen LogP contribution in [0.3, 0.4) is 0 Å². The lowest BCUT2D eigenvalue weighted by Gasteiger charge is -2.23. The first kappa shape index (κ1) is 16.9. The van der Waals surface area contributed by atoms with Gasteiger partial charge < -0.3 is 4.90 Å². The van der Waals surface area contributed by atoms with E-state index in [2.05, 4.69) is 4.98 Å². The molecule has 0 aliphatic rings. The molecule has 0 fully saturated rings. The molecule has 3 aromatic rings. The number of halogens is 1. The van der Waals surface area contributed by atoms with Gasteiger partial charge in [-0.3, -0.25) is 4.79 Å². The molecule has 0 saturated heterocycles. The third kappa shape index (κ3) is 3.76. The van der Waals surface area contributed by atoms with E-state index >= 15 is 0 Å². The zero-order valence-electron chi connectivity index (χ0n) is 13.4. The third-order valence-corrected chi connectivity index (χ3v) is 6.02. The van der Waals surface area contributed by atoms with Gasteiger partial charge in [-0.15, -0.1) is 23.1 Å². The molecular weight excluding hydrogens is 343 g/mol. The van der Waals surface area contributed by atoms with Crippen molar-refractivity contribution < 1.29 is 9.18 Å². The van der Waals surface area contributed by atoms with Gasteiger partial charge in [0.1, 0.15) is 10.8 Å². The minimum atomic E-state index is -0.271. The summed E-state index contributed by atoms with van der Waals surface area (Å²) in [7, 11) is 1.80. The van der Waals surface area contributed by atoms with Gasteiger partial charge in [0.05, 0.1) is 22.0 Å². The average Bonchev–Trinajstić information content (AvgIpc) is 3.03. The number of hydrogen-bond acceptors (Lipinski definition) is 4. The second-order valence-electron chi connectivity index (χ2n) is 5.44. The molecule has 2 aromatic carbocycles. The van der Waals surface area contributed by atoms with Crippen LogP contribution in [0.25, 0.3) is 10.2 Å². The van der Waals surface area contributed by atoms with E-state index in [1.165, 1.54) is 23.9 Å². The molecule has 0 saturated carbocycles. The van der Waals surface area contributed by atoms with Gasteiger partial charge in [-0.05, 0) is 43.3 Å². The van der Waals surface area contributed by atoms with Gasteiger partial charge >= 0.3 is 0 Å². The second kappa shape index (κ2) is 7.32. The third-order valence-electron chi connectivity index (χ3n) is 3.82. The summed E-state index contributed by atoms with van der Waals surface area (Å²) in [6, 6.07) is 14.1. The van der Waals surface area contributed by atoms with Crippen molar-refractivity contribution in [3.05, 3.63) is 59.4 Å². The molecule has 0 N–H and O–H groups in total. The van der Waals surface area contributed by atoms with Gasteiger partial charge in [0.2, 0.25) is 5.91 Å². The van der Waals surface area contributed by atoms with Gasteiger partial charge in [0.15, 0.2) is 0 Å². The van der Waals surface area contributed by atoms with Crippen LogP contribution < -0.4 is 0 Å². The van der Waals surface area contributed by atoms with E-state index in [4.69, 9.17) is 0 Å². The molecule has 1 atom stereocenters. The van der Waals surface area contributed by atoms with E-state index < -0.39 is 0 Å². The SMILES string of the molecule is CC(c1nc2ccccc2s1)N(C)C(=O)CSc1ccc(F)cc1. The lowest BCUT2D eigenvalue weighted by atomic mass is 10.3. The number of benzene rings is 2. The standard InChI is InChI=1S/C18H17FN2OS2/c1-12(18-20-15-5-3-4-6-16(15)24-18)21(2)17(22)11-23-14-9-7-13(19)8-10-14/h3-10,12H,11H2,1-2H3. The first-order valence-corrected chi connectivity index (χ1v) is 9.34. The Morgan fingerprint density at radius 2 is 1.96 bits per heavy atom. The predicted molar refractivity (Wildman–Crippen MR) is 97.9 cm³/mol. The number of rotatable bonds is 5. The molecule has 1 amide bonds. The Morgan fingerprint density at radius 3 is 2.67 bits per heavy atom. The van der Waals surface area contributed by atoms with Crippen LogP contribution >= 0.6 is 23.1 Å². The van der Waals surface area contributed by atoms with Crippen LogP contribution in [0.15, 0.2) is 53.4 Å². The molecule has 0 aliphatic carbocycles. The van der Waals surface area contributed by atoms with Gasteiger partial charge in [-0.2, -0.15) is 0 Å². The number of thioether (sulfide) groups is 1. The summed E-state index contributed by atoms with van der Waals surface area (Å²) in [5.74, 6) is 0.0699. The van der Waals surface area contributed by atoms with Crippen molar-refractivity contribution in [2.24, 2.45) is 0 Å². The lowest BCUT2D eigenvalue weighted by molar-refractivity contribution is -0.128. The van der Waals surface area contributed by atoms with Crippen molar-refractivity contribution in [2.75, 3.05) is 12.8 Å². The highest BCUT2D eigenvalue weighted by atomic mass is 32.2. The van der Waals surface area contributed by atoms with Crippen LogP contribution in [-0.2, 0) is 4.79 Å². The first-order chi connectivity index (χ1) is 11.5. The summed E-state index contributed by atoms with van der Waals surface area (Å²) in [5, 5.41) is 0.929. The highest BCUT2D eigenvalue weighted by Gasteiger charge is 2.20. The molecule has 1 unspecified atom stereocenters. The maximum absolute atomic E-state index is 12.9. The molecule has 6 heteroatoms. The number of aromatic nitrogens is 1. The first-order valence-electron chi connectivity index (χ1n) is 7.54. The van der Waals surface area contributed by atoms with Crippen LogP contribution in [0.4, 0.5) is 4.39 Å². The largest absolute Gasteiger partial charge is 0.336 e. The molecule has 0 radical (unpaired) electrons. The molecule has 0 aliphatic heterocycles. The van der Waals surface area contributed by atoms with E-state index in [9.17, 15) is 9.18 Å². The van der Waals surface area contributed by atoms with Gasteiger partial charge in [-0.1, -0.05) is 12.1 Å². The van der Waals surface area contributed by atoms with Crippen molar-refractivity contribution in [2.45, 2.75) is 17.9 Å². The molecule has 1 heterocycles. The van der Waals surface area contributed by atoms with Crippen molar-refractivity contribution in [1.29, 1.82) is 0 Å². The van der Waals surface area contributed by atoms with Crippen LogP contribution in [0.2, 0.25) is 0 Å². The Kier molecular flexibility index (Phi) is 5.16. The Morgan fingerprint density at radius 1 is 1.25 bits per heavy atom. The Balaban J connectivity index is 1.64. The molecule has 0 bridgehead atoms. The summed E-state index contributed by atoms with van der Waals surface area (Å²) in [4.78, 5) is 19.6. The van der Waals surface area contributed by atoms with Crippen LogP contribution in [0.1, 0.15) is 18.0 Å². The zero-order valence-corrected chi connectivity index (χ0v) is 15.0. The monoisotopic (exact) mass is 360 g/mol. The highest BCUT2D eigenvalue weighted by molar-refractivity contribution is 8.00. The van der Waals surface area contributed by atoms with Crippen molar-refractivity contribution in [3.63, 3.8) is 0 Å². The number of carbonyl (C=O) groups is 1. The number of carbonyl (C=O) groups excluding carboxylic acids is 1. The van der Waals surface area contributed by atoms with Gasteiger partial charge in [0.25, 0.3) is 0 Å². The highest BCUT2D eigenvalue weighted by Crippen LogP contribution is 2.29.